The van der Waals surface area contributed by atoms with Gasteiger partial charge in [-0.3, -0.25) is 0 Å². The van der Waals surface area contributed by atoms with Crippen molar-refractivity contribution < 1.29 is 14.9 Å². The van der Waals surface area contributed by atoms with Gasteiger partial charge in [-0.15, -0.1) is 0 Å². The molecule has 1 atom stereocenters. The molecule has 1 unspecified atom stereocenters. The van der Waals surface area contributed by atoms with Gasteiger partial charge in [-0.25, -0.2) is 9.97 Å². The average molecular weight is 284 g/mol. The van der Waals surface area contributed by atoms with Crippen molar-refractivity contribution >= 4 is 11.6 Å². The van der Waals surface area contributed by atoms with Gasteiger partial charge < -0.3 is 25.6 Å². The molecule has 0 aliphatic carbocycles. The topological polar surface area (TPSA) is 99.5 Å². The van der Waals surface area contributed by atoms with Crippen molar-refractivity contribution in [2.75, 3.05) is 36.9 Å². The summed E-state index contributed by atoms with van der Waals surface area (Å²) in [7, 11) is 0. The summed E-state index contributed by atoms with van der Waals surface area (Å²) in [5.74, 6) is 1.90. The van der Waals surface area contributed by atoms with E-state index in [1.165, 1.54) is 0 Å². The zero-order chi connectivity index (χ0) is 14.8. The zero-order valence-corrected chi connectivity index (χ0v) is 12.1. The van der Waals surface area contributed by atoms with Gasteiger partial charge in [0.05, 0.1) is 12.7 Å². The fourth-order valence-electron chi connectivity index (χ4n) is 1.48. The molecule has 7 heteroatoms. The molecule has 20 heavy (non-hydrogen) atoms. The maximum absolute atomic E-state index is 9.34. The van der Waals surface area contributed by atoms with Gasteiger partial charge in [0.15, 0.2) is 5.82 Å². The summed E-state index contributed by atoms with van der Waals surface area (Å²) in [5, 5.41) is 24.3. The van der Waals surface area contributed by atoms with Crippen LogP contribution >= 0.6 is 0 Å². The molecular weight excluding hydrogens is 260 g/mol. The molecule has 0 saturated heterocycles. The highest BCUT2D eigenvalue weighted by atomic mass is 16.5. The number of hydrogen-bond donors (Lipinski definition) is 4. The van der Waals surface area contributed by atoms with Crippen LogP contribution < -0.4 is 10.6 Å². The third-order valence-corrected chi connectivity index (χ3v) is 2.49. The number of ether oxygens (including phenoxy) is 1. The molecule has 0 radical (unpaired) electrons. The van der Waals surface area contributed by atoms with Crippen molar-refractivity contribution in [3.05, 3.63) is 11.9 Å². The number of nitrogens with zero attached hydrogens (tertiary/aromatic N) is 2. The van der Waals surface area contributed by atoms with Gasteiger partial charge in [0.25, 0.3) is 0 Å². The average Bonchev–Trinajstić information content (AvgIpc) is 2.48. The van der Waals surface area contributed by atoms with E-state index in [4.69, 9.17) is 9.84 Å². The third-order valence-electron chi connectivity index (χ3n) is 2.49. The van der Waals surface area contributed by atoms with E-state index in [2.05, 4.69) is 27.5 Å². The number of aliphatic hydroxyl groups excluding tert-OH is 2. The van der Waals surface area contributed by atoms with Crippen LogP contribution in [0.25, 0.3) is 0 Å². The van der Waals surface area contributed by atoms with Crippen LogP contribution in [0, 0.1) is 0 Å². The third kappa shape index (κ3) is 6.14. The molecule has 0 bridgehead atoms. The lowest BCUT2D eigenvalue weighted by atomic mass is 10.3. The fraction of sp³-hybridized carbons (Fsp3) is 0.692. The Morgan fingerprint density at radius 3 is 2.55 bits per heavy atom. The van der Waals surface area contributed by atoms with E-state index in [1.807, 2.05) is 6.92 Å². The number of anilines is 2. The Labute approximate surface area is 119 Å². The van der Waals surface area contributed by atoms with Crippen LogP contribution in [-0.2, 0) is 11.3 Å². The van der Waals surface area contributed by atoms with E-state index in [9.17, 15) is 5.11 Å². The van der Waals surface area contributed by atoms with Crippen molar-refractivity contribution in [3.8, 4) is 0 Å². The molecule has 7 nitrogen and oxygen atoms in total. The summed E-state index contributed by atoms with van der Waals surface area (Å²) in [4.78, 5) is 8.66. The van der Waals surface area contributed by atoms with Gasteiger partial charge in [0, 0.05) is 25.8 Å². The molecule has 0 aliphatic rings. The van der Waals surface area contributed by atoms with Gasteiger partial charge in [-0.1, -0.05) is 6.92 Å². The summed E-state index contributed by atoms with van der Waals surface area (Å²) in [5.41, 5.74) is 0. The largest absolute Gasteiger partial charge is 0.394 e. The van der Waals surface area contributed by atoms with Crippen molar-refractivity contribution in [3.63, 3.8) is 0 Å². The smallest absolute Gasteiger partial charge is 0.158 e. The minimum absolute atomic E-state index is 0.231. The van der Waals surface area contributed by atoms with Crippen LogP contribution in [0.2, 0.25) is 0 Å². The second kappa shape index (κ2) is 9.46. The van der Waals surface area contributed by atoms with E-state index in [1.54, 1.807) is 6.07 Å². The first-order valence-electron chi connectivity index (χ1n) is 6.91. The standard InChI is InChI=1S/C13H24N4O3/c1-3-5-14-11-6-12(15-7-10(19)8-18)17-13(16-11)9-20-4-2/h6,10,18-19H,3-5,7-9H2,1-2H3,(H2,14,15,16,17). The summed E-state index contributed by atoms with van der Waals surface area (Å²) >= 11 is 0. The summed E-state index contributed by atoms with van der Waals surface area (Å²) in [6, 6.07) is 1.77. The van der Waals surface area contributed by atoms with Crippen molar-refractivity contribution in [1.82, 2.24) is 9.97 Å². The number of rotatable bonds is 10. The van der Waals surface area contributed by atoms with Crippen molar-refractivity contribution in [1.29, 1.82) is 0 Å². The minimum atomic E-state index is -0.813. The lowest BCUT2D eigenvalue weighted by Gasteiger charge is -2.12. The number of aromatic nitrogens is 2. The predicted octanol–water partition coefficient (Wildman–Crippen LogP) is 0.600. The summed E-state index contributed by atoms with van der Waals surface area (Å²) in [6.07, 6.45) is 0.184. The molecule has 0 amide bonds. The van der Waals surface area contributed by atoms with E-state index in [-0.39, 0.29) is 13.2 Å². The van der Waals surface area contributed by atoms with E-state index < -0.39 is 6.10 Å². The molecule has 1 rings (SSSR count). The quantitative estimate of drug-likeness (QED) is 0.499. The van der Waals surface area contributed by atoms with E-state index >= 15 is 0 Å². The Kier molecular flexibility index (Phi) is 7.86. The van der Waals surface area contributed by atoms with Crippen LogP contribution in [0.3, 0.4) is 0 Å². The van der Waals surface area contributed by atoms with Gasteiger partial charge in [0.1, 0.15) is 18.2 Å². The van der Waals surface area contributed by atoms with Crippen LogP contribution in [0.15, 0.2) is 6.07 Å². The van der Waals surface area contributed by atoms with E-state index in [0.29, 0.717) is 24.9 Å². The Balaban J connectivity index is 2.73. The fourth-order valence-corrected chi connectivity index (χ4v) is 1.48. The second-order valence-corrected chi connectivity index (χ2v) is 4.34. The molecule has 114 valence electrons. The highest BCUT2D eigenvalue weighted by Crippen LogP contribution is 2.12. The second-order valence-electron chi connectivity index (χ2n) is 4.34. The molecular formula is C13H24N4O3. The van der Waals surface area contributed by atoms with Gasteiger partial charge in [0.2, 0.25) is 0 Å². The molecule has 0 aliphatic heterocycles. The molecule has 1 aromatic rings. The number of nitrogens with one attached hydrogen (secondary N) is 2. The van der Waals surface area contributed by atoms with Gasteiger partial charge in [-0.2, -0.15) is 0 Å². The molecule has 1 aromatic heterocycles. The predicted molar refractivity (Wildman–Crippen MR) is 77.7 cm³/mol. The first-order valence-corrected chi connectivity index (χ1v) is 6.91. The summed E-state index contributed by atoms with van der Waals surface area (Å²) in [6.45, 7) is 5.70. The molecule has 0 aromatic carbocycles. The number of hydrogen-bond acceptors (Lipinski definition) is 7. The first kappa shape index (κ1) is 16.6. The van der Waals surface area contributed by atoms with Crippen LogP contribution in [0.1, 0.15) is 26.1 Å². The first-order chi connectivity index (χ1) is 9.69. The van der Waals surface area contributed by atoms with Crippen LogP contribution in [-0.4, -0.2) is 52.6 Å². The lowest BCUT2D eigenvalue weighted by Crippen LogP contribution is -2.23. The highest BCUT2D eigenvalue weighted by molar-refractivity contribution is 5.47. The Hall–Kier alpha value is -1.44. The van der Waals surface area contributed by atoms with E-state index in [0.717, 1.165) is 18.8 Å². The van der Waals surface area contributed by atoms with Gasteiger partial charge >= 0.3 is 0 Å². The molecule has 4 N–H and O–H groups in total. The molecule has 0 fully saturated rings. The maximum atomic E-state index is 9.34. The number of aliphatic hydroxyl groups is 2. The Morgan fingerprint density at radius 1 is 1.25 bits per heavy atom. The lowest BCUT2D eigenvalue weighted by molar-refractivity contribution is 0.105. The monoisotopic (exact) mass is 284 g/mol. The maximum Gasteiger partial charge on any atom is 0.158 e. The minimum Gasteiger partial charge on any atom is -0.394 e. The SMILES string of the molecule is CCCNc1cc(NCC(O)CO)nc(COCC)n1. The Morgan fingerprint density at radius 2 is 1.95 bits per heavy atom. The van der Waals surface area contributed by atoms with Crippen LogP contribution in [0.4, 0.5) is 11.6 Å². The van der Waals surface area contributed by atoms with Crippen LogP contribution in [0.5, 0.6) is 0 Å². The van der Waals surface area contributed by atoms with Crippen molar-refractivity contribution in [2.45, 2.75) is 33.0 Å². The van der Waals surface area contributed by atoms with Gasteiger partial charge in [-0.05, 0) is 13.3 Å². The summed E-state index contributed by atoms with van der Waals surface area (Å²) < 4.78 is 5.31. The zero-order valence-electron chi connectivity index (χ0n) is 12.1. The highest BCUT2D eigenvalue weighted by Gasteiger charge is 2.07. The normalized spacial score (nSPS) is 12.2. The van der Waals surface area contributed by atoms with Crippen molar-refractivity contribution in [2.24, 2.45) is 0 Å². The molecule has 0 saturated carbocycles. The molecule has 1 heterocycles. The molecule has 0 spiro atoms. The Bertz CT molecular complexity index is 364.